The van der Waals surface area contributed by atoms with Gasteiger partial charge in [0, 0.05) is 16.8 Å². The Bertz CT molecular complexity index is 1420. The molecule has 0 spiro atoms. The summed E-state index contributed by atoms with van der Waals surface area (Å²) in [6, 6.07) is 17.5. The number of aromatic nitrogens is 6. The van der Waals surface area contributed by atoms with Crippen LogP contribution in [0.2, 0.25) is 5.02 Å². The summed E-state index contributed by atoms with van der Waals surface area (Å²) in [5.41, 5.74) is 4.69. The summed E-state index contributed by atoms with van der Waals surface area (Å²) in [5, 5.41) is 12.1. The highest BCUT2D eigenvalue weighted by Crippen LogP contribution is 2.22. The van der Waals surface area contributed by atoms with Crippen molar-refractivity contribution in [1.29, 1.82) is 0 Å². The summed E-state index contributed by atoms with van der Waals surface area (Å²) >= 11 is 6.21. The van der Waals surface area contributed by atoms with Gasteiger partial charge in [-0.05, 0) is 24.6 Å². The maximum absolute atomic E-state index is 12.9. The first-order chi connectivity index (χ1) is 15.6. The molecular weight excluding hydrogens is 426 g/mol. The molecular formula is C23H18ClN7O. The Morgan fingerprint density at radius 2 is 1.88 bits per heavy atom. The molecule has 0 saturated heterocycles. The number of anilines is 1. The predicted octanol–water partition coefficient (Wildman–Crippen LogP) is 4.25. The molecule has 3 aromatic heterocycles. The number of hydrogen-bond donors (Lipinski definition) is 1. The molecule has 8 nitrogen and oxygen atoms in total. The molecule has 0 unspecified atom stereocenters. The molecule has 0 aliphatic rings. The summed E-state index contributed by atoms with van der Waals surface area (Å²) in [4.78, 5) is 21.4. The number of carbonyl (C=O) groups excluding carboxylic acids is 1. The Kier molecular flexibility index (Phi) is 5.12. The van der Waals surface area contributed by atoms with E-state index in [2.05, 4.69) is 25.5 Å². The Morgan fingerprint density at radius 3 is 2.69 bits per heavy atom. The van der Waals surface area contributed by atoms with Crippen LogP contribution in [0, 0.1) is 6.92 Å². The fourth-order valence-electron chi connectivity index (χ4n) is 3.39. The molecule has 0 aliphatic carbocycles. The molecule has 0 bridgehead atoms. The minimum absolute atomic E-state index is 0.191. The fourth-order valence-corrected chi connectivity index (χ4v) is 3.59. The normalized spacial score (nSPS) is 11.1. The zero-order valence-corrected chi connectivity index (χ0v) is 17.9. The van der Waals surface area contributed by atoms with Crippen molar-refractivity contribution in [1.82, 2.24) is 29.4 Å². The van der Waals surface area contributed by atoms with E-state index >= 15 is 0 Å². The first-order valence-electron chi connectivity index (χ1n) is 9.92. The van der Waals surface area contributed by atoms with Crippen molar-refractivity contribution in [3.05, 3.63) is 95.0 Å². The van der Waals surface area contributed by atoms with Gasteiger partial charge in [0.15, 0.2) is 5.65 Å². The van der Waals surface area contributed by atoms with Crippen LogP contribution < -0.4 is 5.32 Å². The van der Waals surface area contributed by atoms with Crippen molar-refractivity contribution >= 4 is 29.1 Å². The van der Waals surface area contributed by atoms with Crippen molar-refractivity contribution in [3.8, 4) is 11.3 Å². The van der Waals surface area contributed by atoms with Crippen LogP contribution in [0.1, 0.15) is 21.5 Å². The van der Waals surface area contributed by atoms with Gasteiger partial charge in [0.25, 0.3) is 5.91 Å². The molecule has 0 saturated carbocycles. The highest BCUT2D eigenvalue weighted by Gasteiger charge is 2.18. The van der Waals surface area contributed by atoms with Crippen molar-refractivity contribution < 1.29 is 4.79 Å². The monoisotopic (exact) mass is 443 g/mol. The van der Waals surface area contributed by atoms with Gasteiger partial charge in [-0.3, -0.25) is 10.1 Å². The van der Waals surface area contributed by atoms with E-state index in [-0.39, 0.29) is 11.9 Å². The largest absolute Gasteiger partial charge is 0.289 e. The molecule has 5 rings (SSSR count). The van der Waals surface area contributed by atoms with Gasteiger partial charge in [0.1, 0.15) is 11.9 Å². The second kappa shape index (κ2) is 8.24. The Morgan fingerprint density at radius 1 is 1.06 bits per heavy atom. The lowest BCUT2D eigenvalue weighted by molar-refractivity contribution is 0.102. The van der Waals surface area contributed by atoms with Crippen LogP contribution in [-0.4, -0.2) is 35.3 Å². The summed E-state index contributed by atoms with van der Waals surface area (Å²) in [6.45, 7) is 2.48. The average molecular weight is 444 g/mol. The molecule has 3 heterocycles. The Hall–Kier alpha value is -4.04. The Labute approximate surface area is 188 Å². The number of amides is 1. The Balaban J connectivity index is 1.38. The van der Waals surface area contributed by atoms with Gasteiger partial charge in [-0.15, -0.1) is 5.10 Å². The van der Waals surface area contributed by atoms with Crippen molar-refractivity contribution in [2.24, 2.45) is 0 Å². The topological polar surface area (TPSA) is 90.0 Å². The number of rotatable bonds is 5. The van der Waals surface area contributed by atoms with Crippen molar-refractivity contribution in [3.63, 3.8) is 0 Å². The van der Waals surface area contributed by atoms with Crippen LogP contribution in [0.3, 0.4) is 0 Å². The average Bonchev–Trinajstić information content (AvgIpc) is 3.42. The smallest absolute Gasteiger partial charge is 0.263 e. The molecule has 0 aliphatic heterocycles. The highest BCUT2D eigenvalue weighted by molar-refractivity contribution is 6.31. The molecule has 9 heteroatoms. The molecule has 1 N–H and O–H groups in total. The van der Waals surface area contributed by atoms with Crippen LogP contribution in [0.4, 0.5) is 5.95 Å². The van der Waals surface area contributed by atoms with Gasteiger partial charge in [-0.1, -0.05) is 59.6 Å². The zero-order valence-electron chi connectivity index (χ0n) is 17.1. The summed E-state index contributed by atoms with van der Waals surface area (Å²) < 4.78 is 3.27. The molecule has 158 valence electrons. The van der Waals surface area contributed by atoms with Crippen molar-refractivity contribution in [2.75, 3.05) is 5.32 Å². The molecule has 32 heavy (non-hydrogen) atoms. The van der Waals surface area contributed by atoms with E-state index in [0.717, 1.165) is 16.8 Å². The molecule has 2 aromatic carbocycles. The number of carbonyl (C=O) groups is 1. The third-order valence-corrected chi connectivity index (χ3v) is 5.41. The second-order valence-electron chi connectivity index (χ2n) is 7.30. The van der Waals surface area contributed by atoms with Gasteiger partial charge in [-0.25, -0.2) is 19.2 Å². The van der Waals surface area contributed by atoms with Gasteiger partial charge in [-0.2, -0.15) is 5.10 Å². The number of nitrogens with one attached hydrogen (secondary N) is 1. The number of halogens is 1. The molecule has 0 fully saturated rings. The zero-order chi connectivity index (χ0) is 22.1. The SMILES string of the molecule is Cc1ccc(-c2ccnc3c(C(=O)Nc4ncn(Cc5ccccc5Cl)n4)cnn23)cc1. The quantitative estimate of drug-likeness (QED) is 0.438. The first-order valence-corrected chi connectivity index (χ1v) is 10.3. The third kappa shape index (κ3) is 3.83. The molecule has 5 aromatic rings. The maximum Gasteiger partial charge on any atom is 0.263 e. The number of hydrogen-bond acceptors (Lipinski definition) is 5. The fraction of sp³-hybridized carbons (Fsp3) is 0.0870. The lowest BCUT2D eigenvalue weighted by Gasteiger charge is -2.05. The van der Waals surface area contributed by atoms with Crippen LogP contribution >= 0.6 is 11.6 Å². The van der Waals surface area contributed by atoms with Gasteiger partial charge in [0.2, 0.25) is 5.95 Å². The van der Waals surface area contributed by atoms with Crippen LogP contribution in [0.25, 0.3) is 16.9 Å². The van der Waals surface area contributed by atoms with Crippen molar-refractivity contribution in [2.45, 2.75) is 13.5 Å². The van der Waals surface area contributed by atoms with E-state index in [1.165, 1.54) is 11.8 Å². The van der Waals surface area contributed by atoms with Crippen LogP contribution in [0.5, 0.6) is 0 Å². The number of nitrogens with zero attached hydrogens (tertiary/aromatic N) is 6. The summed E-state index contributed by atoms with van der Waals surface area (Å²) in [6.07, 6.45) is 4.71. The van der Waals surface area contributed by atoms with E-state index in [1.807, 2.05) is 61.5 Å². The standard InChI is InChI=1S/C23H18ClN7O/c1-15-6-8-16(9-7-15)20-10-11-25-21-18(12-27-31(20)21)22(32)28-23-26-14-30(29-23)13-17-4-2-3-5-19(17)24/h2-12,14H,13H2,1H3,(H,28,29,32). The lowest BCUT2D eigenvalue weighted by atomic mass is 10.1. The summed E-state index contributed by atoms with van der Waals surface area (Å²) in [5.74, 6) is -0.194. The predicted molar refractivity (Wildman–Crippen MR) is 122 cm³/mol. The molecule has 0 radical (unpaired) electrons. The van der Waals surface area contributed by atoms with E-state index in [4.69, 9.17) is 11.6 Å². The first kappa shape index (κ1) is 19.9. The van der Waals surface area contributed by atoms with E-state index in [9.17, 15) is 4.79 Å². The minimum atomic E-state index is -0.385. The highest BCUT2D eigenvalue weighted by atomic mass is 35.5. The second-order valence-corrected chi connectivity index (χ2v) is 7.71. The van der Waals surface area contributed by atoms with Crippen LogP contribution in [-0.2, 0) is 6.54 Å². The number of fused-ring (bicyclic) bond motifs is 1. The van der Waals surface area contributed by atoms with E-state index in [1.54, 1.807) is 21.7 Å². The molecule has 1 amide bonds. The minimum Gasteiger partial charge on any atom is -0.289 e. The maximum atomic E-state index is 12.9. The van der Waals surface area contributed by atoms with E-state index < -0.39 is 0 Å². The lowest BCUT2D eigenvalue weighted by Crippen LogP contribution is -2.14. The van der Waals surface area contributed by atoms with Gasteiger partial charge < -0.3 is 0 Å². The van der Waals surface area contributed by atoms with E-state index in [0.29, 0.717) is 22.8 Å². The van der Waals surface area contributed by atoms with Crippen LogP contribution in [0.15, 0.2) is 73.3 Å². The number of benzene rings is 2. The summed E-state index contributed by atoms with van der Waals surface area (Å²) in [7, 11) is 0. The van der Waals surface area contributed by atoms with Gasteiger partial charge >= 0.3 is 0 Å². The van der Waals surface area contributed by atoms with Gasteiger partial charge in [0.05, 0.1) is 18.4 Å². The molecule has 0 atom stereocenters. The third-order valence-electron chi connectivity index (χ3n) is 5.05. The number of aryl methyl sites for hydroxylation is 1.